The zero-order valence-electron chi connectivity index (χ0n) is 59.0. The molecule has 1 aliphatic rings. The fourth-order valence-corrected chi connectivity index (χ4v) is 13.9. The van der Waals surface area contributed by atoms with E-state index in [0.717, 1.165) is 111 Å². The summed E-state index contributed by atoms with van der Waals surface area (Å²) in [6, 6.07) is 68.5. The molecular weight excluding hydrogens is 1370 g/mol. The quantitative estimate of drug-likeness (QED) is 0.0278. The van der Waals surface area contributed by atoms with Crippen LogP contribution in [0.4, 0.5) is 13.2 Å². The molecule has 1 fully saturated rings. The van der Waals surface area contributed by atoms with Crippen molar-refractivity contribution in [2.75, 3.05) is 25.5 Å². The van der Waals surface area contributed by atoms with Crippen LogP contribution >= 0.6 is 11.8 Å². The molecule has 0 unspecified atom stereocenters. The van der Waals surface area contributed by atoms with Gasteiger partial charge in [0.05, 0.1) is 55.0 Å². The summed E-state index contributed by atoms with van der Waals surface area (Å²) in [6.07, 6.45) is 6.54. The molecule has 8 aromatic carbocycles. The highest BCUT2D eigenvalue weighted by atomic mass is 32.2. The van der Waals surface area contributed by atoms with Crippen LogP contribution in [0.1, 0.15) is 78.5 Å². The first-order valence-corrected chi connectivity index (χ1v) is 36.4. The normalized spacial score (nSPS) is 12.8. The van der Waals surface area contributed by atoms with Crippen molar-refractivity contribution in [1.29, 1.82) is 0 Å². The number of Topliss-reactive ketones (excluding diaryl/α,β-unsaturated/α-hetero) is 1. The van der Waals surface area contributed by atoms with E-state index in [1.165, 1.54) is 47.7 Å². The molecule has 18 nitrogen and oxygen atoms in total. The number of carboxylic acid groups (broad SMARTS) is 1. The van der Waals surface area contributed by atoms with E-state index < -0.39 is 18.0 Å². The van der Waals surface area contributed by atoms with Gasteiger partial charge in [-0.25, -0.2) is 18.2 Å². The third-order valence-corrected chi connectivity index (χ3v) is 19.1. The molecule has 0 spiro atoms. The largest absolute Gasteiger partial charge is 0.481 e. The molecule has 6 heterocycles. The number of carboxylic acids is 1. The number of nitrogens with one attached hydrogen (secondary N) is 1. The maximum Gasteiger partial charge on any atom is 0.325 e. The van der Waals surface area contributed by atoms with Gasteiger partial charge in [-0.3, -0.25) is 19.0 Å². The number of ether oxygens (including phenoxy) is 2. The fraction of sp³-hybridized carbons (Fsp3) is 0.250. The van der Waals surface area contributed by atoms with Gasteiger partial charge in [-0.1, -0.05) is 121 Å². The van der Waals surface area contributed by atoms with E-state index in [9.17, 15) is 42.6 Å². The highest BCUT2D eigenvalue weighted by molar-refractivity contribution is 7.99. The average molecular weight is 1450 g/mol. The van der Waals surface area contributed by atoms with Crippen molar-refractivity contribution in [1.82, 2.24) is 43.3 Å². The van der Waals surface area contributed by atoms with Gasteiger partial charge in [0, 0.05) is 78.3 Å². The first-order chi connectivity index (χ1) is 51.6. The number of imidazole rings is 1. The number of aliphatic hydroxyl groups is 2. The smallest absolute Gasteiger partial charge is 0.325 e. The van der Waals surface area contributed by atoms with Gasteiger partial charge in [0.25, 0.3) is 5.91 Å². The predicted octanol–water partition coefficient (Wildman–Crippen LogP) is 15.3. The lowest BCUT2D eigenvalue weighted by molar-refractivity contribution is -0.143. The van der Waals surface area contributed by atoms with Gasteiger partial charge < -0.3 is 53.2 Å². The lowest BCUT2D eigenvalue weighted by Crippen LogP contribution is -2.26. The highest BCUT2D eigenvalue weighted by Crippen LogP contribution is 2.30. The van der Waals surface area contributed by atoms with Crippen LogP contribution in [0, 0.1) is 17.5 Å². The lowest BCUT2D eigenvalue weighted by atomic mass is 10.0. The number of para-hydroxylation sites is 4. The average Bonchev–Trinajstić information content (AvgIpc) is 1.60. The van der Waals surface area contributed by atoms with Gasteiger partial charge in [-0.05, 0) is 194 Å². The van der Waals surface area contributed by atoms with Crippen molar-refractivity contribution in [2.24, 2.45) is 0 Å². The molecule has 1 amide bonds. The number of carbonyl (C=O) groups excluding carboxylic acids is 3. The molecule has 0 aliphatic carbocycles. The fourth-order valence-electron chi connectivity index (χ4n) is 12.8. The first kappa shape index (κ1) is 76.0. The Bertz CT molecular complexity index is 5060. The van der Waals surface area contributed by atoms with Gasteiger partial charge in [0.1, 0.15) is 48.0 Å². The third-order valence-electron chi connectivity index (χ3n) is 18.1. The Morgan fingerprint density at radius 2 is 1.28 bits per heavy atom. The molecule has 1 aliphatic heterocycles. The van der Waals surface area contributed by atoms with E-state index in [1.54, 1.807) is 77.6 Å². The van der Waals surface area contributed by atoms with Crippen LogP contribution in [0.25, 0.3) is 60.9 Å². The number of esters is 1. The number of nitrogens with zero attached hydrogens (tertiary/aromatic N) is 8. The number of amides is 1. The van der Waals surface area contributed by atoms with Gasteiger partial charge in [-0.2, -0.15) is 0 Å². The Hall–Kier alpha value is -11.2. The van der Waals surface area contributed by atoms with Gasteiger partial charge >= 0.3 is 11.9 Å². The number of ketones is 1. The van der Waals surface area contributed by atoms with Crippen LogP contribution < -0.4 is 5.32 Å². The number of aliphatic carboxylic acids is 1. The van der Waals surface area contributed by atoms with E-state index in [2.05, 4.69) is 60.0 Å². The second-order valence-corrected chi connectivity index (χ2v) is 26.4. The predicted molar refractivity (Wildman–Crippen MR) is 406 cm³/mol. The van der Waals surface area contributed by atoms with Crippen LogP contribution in [0.5, 0.6) is 0 Å². The molecule has 5 aromatic heterocycles. The minimum absolute atomic E-state index is 0.0114. The summed E-state index contributed by atoms with van der Waals surface area (Å²) in [7, 11) is 0. The van der Waals surface area contributed by atoms with Crippen molar-refractivity contribution < 1.29 is 57.1 Å². The number of carbonyl (C=O) groups is 4. The Balaban J connectivity index is 0.000000143. The summed E-state index contributed by atoms with van der Waals surface area (Å²) in [4.78, 5) is 51.3. The molecule has 4 N–H and O–H groups in total. The summed E-state index contributed by atoms with van der Waals surface area (Å²) >= 11 is 1.52. The standard InChI is InChI=1S/C26H25FN4O2S.C22H22FNO.C19H19N3O2.C17H18FNO4/c27-22-12-3-4-13-23(22)31-24(29-30-26(31)34-17-19-9-6-16-33-19)14-15-28-25(32)21-11-5-8-18-7-1-2-10-20(18)21;1-17(25)7-12-21-13-14-22(19-8-10-20(23)11-9-19)24(21)16-15-18-5-3-2-4-6-18;23-13-19-20-16-6-2-4-8-18(16)22(19)12-15(24)11-21-10-9-14-5-1-3-7-17(14)21;1-2-23-17(22)11-19-14(8-10-16(20)21)7-9-15(19)12-3-5-13(18)6-4-12/h1-5,7-8,10-13,19H,6,9,14-17H2,(H,28,32);2-6,8-11,13-14H,7,12,15-16H2,1H3;1-10,15,23-24H,11-13H2;3-7,9H,2,8,10-11H2,1H3,(H,20,21)/t19-;;15-;/m0.1./s1. The van der Waals surface area contributed by atoms with Crippen LogP contribution in [-0.2, 0) is 82.3 Å². The lowest BCUT2D eigenvalue weighted by Gasteiger charge is -2.15. The van der Waals surface area contributed by atoms with E-state index in [0.29, 0.717) is 67.0 Å². The minimum atomic E-state index is -0.905. The SMILES string of the molecule is CC(=O)CCc1ccc(-c2ccc(F)cc2)n1CCc1ccccc1.CCOC(=O)Cn1c(CCC(=O)O)ccc1-c1ccc(F)cc1.O=C(NCCc1nnc(SC[C@@H]2CCCO2)n1-c1ccccc1F)c1cccc2ccccc12.OCc1nc2ccccc2n1C[C@H](O)Cn1ccc2ccccc21. The number of benzene rings is 8. The first-order valence-electron chi connectivity index (χ1n) is 35.4. The zero-order chi connectivity index (χ0) is 74.3. The summed E-state index contributed by atoms with van der Waals surface area (Å²) in [5.74, 6) is -0.272. The second kappa shape index (κ2) is 37.5. The third kappa shape index (κ3) is 20.2. The number of aryl methyl sites for hydroxylation is 3. The van der Waals surface area contributed by atoms with Crippen molar-refractivity contribution in [3.63, 3.8) is 0 Å². The van der Waals surface area contributed by atoms with Gasteiger partial charge in [0.15, 0.2) is 5.16 Å². The van der Waals surface area contributed by atoms with Crippen molar-refractivity contribution >= 4 is 68.1 Å². The molecule has 0 saturated carbocycles. The van der Waals surface area contributed by atoms with E-state index in [1.807, 2.05) is 120 Å². The number of halogens is 3. The second-order valence-electron chi connectivity index (χ2n) is 25.4. The van der Waals surface area contributed by atoms with Gasteiger partial charge in [-0.15, -0.1) is 10.2 Å². The van der Waals surface area contributed by atoms with Crippen LogP contribution in [-0.4, -0.2) is 115 Å². The summed E-state index contributed by atoms with van der Waals surface area (Å²) in [6.45, 7) is 6.31. The highest BCUT2D eigenvalue weighted by Gasteiger charge is 2.23. The molecule has 13 aromatic rings. The molecule has 14 rings (SSSR count). The molecule has 1 saturated heterocycles. The molecule has 2 atom stereocenters. The number of rotatable bonds is 27. The summed E-state index contributed by atoms with van der Waals surface area (Å²) in [5, 5.41) is 44.3. The Morgan fingerprint density at radius 3 is 1.97 bits per heavy atom. The Kier molecular flexibility index (Phi) is 26.9. The maximum atomic E-state index is 14.7. The Labute approximate surface area is 616 Å². The molecule has 546 valence electrons. The molecule has 0 radical (unpaired) electrons. The van der Waals surface area contributed by atoms with E-state index >= 15 is 0 Å². The zero-order valence-corrected chi connectivity index (χ0v) is 59.8. The van der Waals surface area contributed by atoms with E-state index in [4.69, 9.17) is 14.6 Å². The number of fused-ring (bicyclic) bond motifs is 3. The van der Waals surface area contributed by atoms with Gasteiger partial charge in [0.2, 0.25) is 0 Å². The monoisotopic (exact) mass is 1450 g/mol. The van der Waals surface area contributed by atoms with Crippen LogP contribution in [0.15, 0.2) is 236 Å². The summed E-state index contributed by atoms with van der Waals surface area (Å²) in [5.41, 5.74) is 10.6. The Morgan fingerprint density at radius 1 is 0.642 bits per heavy atom. The number of thioether (sulfide) groups is 1. The van der Waals surface area contributed by atoms with Crippen molar-refractivity contribution in [3.05, 3.63) is 282 Å². The number of aromatic nitrogens is 8. The molecule has 22 heteroatoms. The van der Waals surface area contributed by atoms with E-state index in [-0.39, 0.29) is 61.4 Å². The minimum Gasteiger partial charge on any atom is -0.481 e. The molecular formula is C84H84F3N9O9S. The van der Waals surface area contributed by atoms with Crippen molar-refractivity contribution in [3.8, 4) is 28.2 Å². The number of hydrogen-bond acceptors (Lipinski definition) is 12. The van der Waals surface area contributed by atoms with Crippen molar-refractivity contribution in [2.45, 2.75) is 115 Å². The van der Waals surface area contributed by atoms with Crippen LogP contribution in [0.2, 0.25) is 0 Å². The maximum absolute atomic E-state index is 14.7. The molecule has 0 bridgehead atoms. The molecule has 106 heavy (non-hydrogen) atoms. The number of hydrogen-bond donors (Lipinski definition) is 4. The summed E-state index contributed by atoms with van der Waals surface area (Å²) < 4.78 is 61.4. The van der Waals surface area contributed by atoms with Crippen LogP contribution in [0.3, 0.4) is 0 Å². The number of aliphatic hydroxyl groups excluding tert-OH is 2. The topological polar surface area (TPSA) is 223 Å².